The van der Waals surface area contributed by atoms with E-state index in [9.17, 15) is 14.7 Å². The SMILES string of the molecule is CC(C)C(=O)N[C@@H](Cc1c[nH]c2ccccc12)C(=O)O. The molecule has 2 rings (SSSR count). The fraction of sp³-hybridized carbons (Fsp3) is 0.333. The van der Waals surface area contributed by atoms with E-state index in [0.29, 0.717) is 0 Å². The predicted molar refractivity (Wildman–Crippen MR) is 76.4 cm³/mol. The second-order valence-corrected chi connectivity index (χ2v) is 5.12. The maximum absolute atomic E-state index is 11.7. The van der Waals surface area contributed by atoms with Gasteiger partial charge in [-0.1, -0.05) is 32.0 Å². The summed E-state index contributed by atoms with van der Waals surface area (Å²) in [4.78, 5) is 26.1. The highest BCUT2D eigenvalue weighted by atomic mass is 16.4. The van der Waals surface area contributed by atoms with E-state index in [-0.39, 0.29) is 18.2 Å². The van der Waals surface area contributed by atoms with Crippen LogP contribution in [0.1, 0.15) is 19.4 Å². The first-order valence-electron chi connectivity index (χ1n) is 6.57. The molecule has 3 N–H and O–H groups in total. The maximum atomic E-state index is 11.7. The smallest absolute Gasteiger partial charge is 0.326 e. The molecule has 0 aliphatic rings. The van der Waals surface area contributed by atoms with Crippen LogP contribution in [0.15, 0.2) is 30.5 Å². The van der Waals surface area contributed by atoms with Crippen molar-refractivity contribution in [3.05, 3.63) is 36.0 Å². The van der Waals surface area contributed by atoms with Gasteiger partial charge in [0, 0.05) is 29.4 Å². The van der Waals surface area contributed by atoms with Crippen LogP contribution in [0.25, 0.3) is 10.9 Å². The standard InChI is InChI=1S/C15H18N2O3/c1-9(2)14(18)17-13(15(19)20)7-10-8-16-12-6-4-3-5-11(10)12/h3-6,8-9,13,16H,7H2,1-2H3,(H,17,18)(H,19,20)/t13-/m0/s1. The van der Waals surface area contributed by atoms with Crippen LogP contribution in [0.4, 0.5) is 0 Å². The molecule has 5 heteroatoms. The molecule has 1 atom stereocenters. The van der Waals surface area contributed by atoms with Crippen molar-refractivity contribution in [2.75, 3.05) is 0 Å². The van der Waals surface area contributed by atoms with Crippen LogP contribution in [0.2, 0.25) is 0 Å². The van der Waals surface area contributed by atoms with Gasteiger partial charge in [0.2, 0.25) is 5.91 Å². The Hall–Kier alpha value is -2.30. The monoisotopic (exact) mass is 274 g/mol. The van der Waals surface area contributed by atoms with Crippen molar-refractivity contribution in [3.8, 4) is 0 Å². The third-order valence-corrected chi connectivity index (χ3v) is 3.24. The molecule has 0 saturated heterocycles. The molecule has 0 aliphatic carbocycles. The first-order valence-corrected chi connectivity index (χ1v) is 6.57. The summed E-state index contributed by atoms with van der Waals surface area (Å²) >= 11 is 0. The van der Waals surface area contributed by atoms with Gasteiger partial charge in [0.15, 0.2) is 0 Å². The third kappa shape index (κ3) is 2.99. The van der Waals surface area contributed by atoms with E-state index < -0.39 is 12.0 Å². The van der Waals surface area contributed by atoms with Crippen LogP contribution in [0.5, 0.6) is 0 Å². The van der Waals surface area contributed by atoms with Gasteiger partial charge in [-0.2, -0.15) is 0 Å². The first kappa shape index (κ1) is 14.1. The lowest BCUT2D eigenvalue weighted by Gasteiger charge is -2.15. The lowest BCUT2D eigenvalue weighted by atomic mass is 10.0. The van der Waals surface area contributed by atoms with Crippen LogP contribution in [0, 0.1) is 5.92 Å². The summed E-state index contributed by atoms with van der Waals surface area (Å²) in [5, 5.41) is 12.8. The molecule has 0 bridgehead atoms. The van der Waals surface area contributed by atoms with E-state index in [4.69, 9.17) is 0 Å². The van der Waals surface area contributed by atoms with Gasteiger partial charge in [-0.15, -0.1) is 0 Å². The molecule has 1 aromatic heterocycles. The number of fused-ring (bicyclic) bond motifs is 1. The van der Waals surface area contributed by atoms with E-state index >= 15 is 0 Å². The minimum Gasteiger partial charge on any atom is -0.480 e. The number of carboxylic acid groups (broad SMARTS) is 1. The van der Waals surface area contributed by atoms with E-state index in [0.717, 1.165) is 16.5 Å². The number of carboxylic acids is 1. The number of nitrogens with one attached hydrogen (secondary N) is 2. The average Bonchev–Trinajstić information content (AvgIpc) is 2.81. The Labute approximate surface area is 117 Å². The van der Waals surface area contributed by atoms with Crippen LogP contribution in [-0.2, 0) is 16.0 Å². The Morgan fingerprint density at radius 1 is 1.30 bits per heavy atom. The number of amides is 1. The fourth-order valence-corrected chi connectivity index (χ4v) is 2.06. The van der Waals surface area contributed by atoms with E-state index in [1.807, 2.05) is 24.3 Å². The first-order chi connectivity index (χ1) is 9.49. The lowest BCUT2D eigenvalue weighted by molar-refractivity contribution is -0.142. The van der Waals surface area contributed by atoms with Crippen LogP contribution < -0.4 is 5.32 Å². The number of carbonyl (C=O) groups is 2. The number of hydrogen-bond donors (Lipinski definition) is 3. The number of H-pyrrole nitrogens is 1. The fourth-order valence-electron chi connectivity index (χ4n) is 2.06. The van der Waals surface area contributed by atoms with Gasteiger partial charge in [-0.25, -0.2) is 4.79 Å². The molecule has 0 fully saturated rings. The molecule has 1 heterocycles. The minimum atomic E-state index is -1.02. The summed E-state index contributed by atoms with van der Waals surface area (Å²) in [5.41, 5.74) is 1.85. The molecule has 1 amide bonds. The Morgan fingerprint density at radius 3 is 2.65 bits per heavy atom. The highest BCUT2D eigenvalue weighted by molar-refractivity contribution is 5.87. The summed E-state index contributed by atoms with van der Waals surface area (Å²) in [7, 11) is 0. The largest absolute Gasteiger partial charge is 0.480 e. The average molecular weight is 274 g/mol. The van der Waals surface area contributed by atoms with Gasteiger partial charge in [-0.05, 0) is 11.6 Å². The Morgan fingerprint density at radius 2 is 2.00 bits per heavy atom. The van der Waals surface area contributed by atoms with Crippen molar-refractivity contribution in [1.82, 2.24) is 10.3 Å². The number of para-hydroxylation sites is 1. The van der Waals surface area contributed by atoms with Crippen LogP contribution in [0.3, 0.4) is 0 Å². The van der Waals surface area contributed by atoms with Crippen molar-refractivity contribution >= 4 is 22.8 Å². The third-order valence-electron chi connectivity index (χ3n) is 3.24. The summed E-state index contributed by atoms with van der Waals surface area (Å²) < 4.78 is 0. The van der Waals surface area contributed by atoms with Crippen molar-refractivity contribution < 1.29 is 14.7 Å². The molecule has 0 unspecified atom stereocenters. The van der Waals surface area contributed by atoms with Crippen molar-refractivity contribution in [2.45, 2.75) is 26.3 Å². The molecule has 0 spiro atoms. The number of hydrogen-bond acceptors (Lipinski definition) is 2. The topological polar surface area (TPSA) is 82.2 Å². The molecule has 106 valence electrons. The molecule has 0 saturated carbocycles. The second-order valence-electron chi connectivity index (χ2n) is 5.12. The van der Waals surface area contributed by atoms with Gasteiger partial charge in [0.05, 0.1) is 0 Å². The van der Waals surface area contributed by atoms with Gasteiger partial charge in [-0.3, -0.25) is 4.79 Å². The molecule has 1 aromatic carbocycles. The molecule has 5 nitrogen and oxygen atoms in total. The lowest BCUT2D eigenvalue weighted by Crippen LogP contribution is -2.44. The van der Waals surface area contributed by atoms with Crippen molar-refractivity contribution in [3.63, 3.8) is 0 Å². The van der Waals surface area contributed by atoms with Crippen molar-refractivity contribution in [1.29, 1.82) is 0 Å². The molecule has 20 heavy (non-hydrogen) atoms. The van der Waals surface area contributed by atoms with E-state index in [2.05, 4.69) is 10.3 Å². The highest BCUT2D eigenvalue weighted by Gasteiger charge is 2.22. The Bertz CT molecular complexity index is 631. The van der Waals surface area contributed by atoms with E-state index in [1.165, 1.54) is 0 Å². The number of aliphatic carboxylic acids is 1. The zero-order valence-electron chi connectivity index (χ0n) is 11.5. The molecule has 0 radical (unpaired) electrons. The molecule has 0 aliphatic heterocycles. The second kappa shape index (κ2) is 5.77. The van der Waals surface area contributed by atoms with Gasteiger partial charge >= 0.3 is 5.97 Å². The quantitative estimate of drug-likeness (QED) is 0.779. The molecular weight excluding hydrogens is 256 g/mol. The number of carbonyl (C=O) groups excluding carboxylic acids is 1. The number of benzene rings is 1. The Kier molecular flexibility index (Phi) is 4.08. The Balaban J connectivity index is 2.20. The molecular formula is C15H18N2O3. The maximum Gasteiger partial charge on any atom is 0.326 e. The van der Waals surface area contributed by atoms with Crippen molar-refractivity contribution in [2.24, 2.45) is 5.92 Å². The minimum absolute atomic E-state index is 0.236. The molecule has 2 aromatic rings. The number of aromatic amines is 1. The summed E-state index contributed by atoms with van der Waals surface area (Å²) in [6, 6.07) is 6.77. The van der Waals surface area contributed by atoms with Gasteiger partial charge < -0.3 is 15.4 Å². The number of aromatic nitrogens is 1. The van der Waals surface area contributed by atoms with Crippen LogP contribution >= 0.6 is 0 Å². The number of rotatable bonds is 5. The predicted octanol–water partition coefficient (Wildman–Crippen LogP) is 1.94. The zero-order valence-corrected chi connectivity index (χ0v) is 11.5. The highest BCUT2D eigenvalue weighted by Crippen LogP contribution is 2.19. The summed E-state index contributed by atoms with van der Waals surface area (Å²) in [5.74, 6) is -1.51. The summed E-state index contributed by atoms with van der Waals surface area (Å²) in [6.45, 7) is 3.47. The van der Waals surface area contributed by atoms with Crippen LogP contribution in [-0.4, -0.2) is 28.0 Å². The van der Waals surface area contributed by atoms with Gasteiger partial charge in [0.1, 0.15) is 6.04 Å². The summed E-state index contributed by atoms with van der Waals surface area (Å²) in [6.07, 6.45) is 2.06. The normalized spacial score (nSPS) is 12.6. The van der Waals surface area contributed by atoms with Gasteiger partial charge in [0.25, 0.3) is 0 Å². The zero-order chi connectivity index (χ0) is 14.7. The van der Waals surface area contributed by atoms with E-state index in [1.54, 1.807) is 20.0 Å².